The molecule has 0 radical (unpaired) electrons. The van der Waals surface area contributed by atoms with Gasteiger partial charge in [-0.3, -0.25) is 9.59 Å². The number of benzene rings is 2. The number of hydrogen-bond acceptors (Lipinski definition) is 3. The smallest absolute Gasteiger partial charge is 0.252 e. The van der Waals surface area contributed by atoms with Crippen LogP contribution in [0, 0.1) is 5.92 Å². The van der Waals surface area contributed by atoms with Crippen LogP contribution in [0.4, 0.5) is 0 Å². The fraction of sp³-hybridized carbons (Fsp3) is 0.318. The number of fused-ring (bicyclic) bond motifs is 2. The minimum absolute atomic E-state index is 0.104. The molecule has 2 N–H and O–H groups in total. The number of carbonyl (C=O) groups excluding carboxylic acids is 2. The predicted molar refractivity (Wildman–Crippen MR) is 108 cm³/mol. The summed E-state index contributed by atoms with van der Waals surface area (Å²) >= 11 is 0. The van der Waals surface area contributed by atoms with E-state index in [1.54, 1.807) is 6.07 Å². The molecule has 2 aromatic carbocycles. The van der Waals surface area contributed by atoms with Crippen molar-refractivity contribution in [2.24, 2.45) is 13.0 Å². The lowest BCUT2D eigenvalue weighted by atomic mass is 10.0. The van der Waals surface area contributed by atoms with Crippen LogP contribution in [-0.4, -0.2) is 21.4 Å². The number of amides is 2. The summed E-state index contributed by atoms with van der Waals surface area (Å²) in [5.74, 6) is 0.780. The Morgan fingerprint density at radius 2 is 1.89 bits per heavy atom. The number of nitrogens with one attached hydrogen (secondary N) is 2. The Morgan fingerprint density at radius 1 is 1.18 bits per heavy atom. The van der Waals surface area contributed by atoms with E-state index in [9.17, 15) is 9.59 Å². The molecular weight excluding hydrogens is 352 g/mol. The highest BCUT2D eigenvalue weighted by Crippen LogP contribution is 2.29. The minimum atomic E-state index is -0.294. The summed E-state index contributed by atoms with van der Waals surface area (Å²) in [6.07, 6.45) is 0.204. The fourth-order valence-corrected chi connectivity index (χ4v) is 3.87. The number of aryl methyl sites for hydroxylation is 1. The summed E-state index contributed by atoms with van der Waals surface area (Å²) in [6, 6.07) is 14.9. The predicted octanol–water partition coefficient (Wildman–Crippen LogP) is 3.26. The van der Waals surface area contributed by atoms with E-state index < -0.39 is 0 Å². The minimum Gasteiger partial charge on any atom is -0.346 e. The lowest BCUT2D eigenvalue weighted by Crippen LogP contribution is -2.35. The van der Waals surface area contributed by atoms with Gasteiger partial charge in [-0.2, -0.15) is 0 Å². The third kappa shape index (κ3) is 3.15. The Balaban J connectivity index is 1.55. The molecule has 4 rings (SSSR count). The maximum atomic E-state index is 12.8. The first-order chi connectivity index (χ1) is 13.5. The zero-order valence-electron chi connectivity index (χ0n) is 16.3. The van der Waals surface area contributed by atoms with E-state index in [1.165, 1.54) is 0 Å². The summed E-state index contributed by atoms with van der Waals surface area (Å²) in [5, 5.41) is 6.04. The van der Waals surface area contributed by atoms with Crippen LogP contribution < -0.4 is 10.6 Å². The standard InChI is InChI=1S/C22H24N4O2/c1-13(2)20(21-23-16-10-6-7-11-18(16)26(21)3)25-19(27)12-17-14-8-4-5-9-15(14)22(28)24-17/h4-11,13,17,20H,12H2,1-3H3,(H,24,28)(H,25,27)/t17-,20+/m1/s1. The summed E-state index contributed by atoms with van der Waals surface area (Å²) in [7, 11) is 1.97. The van der Waals surface area contributed by atoms with Gasteiger partial charge in [0.25, 0.3) is 5.91 Å². The summed E-state index contributed by atoms with van der Waals surface area (Å²) in [5.41, 5.74) is 3.48. The SMILES string of the molecule is CC(C)[C@H](NC(=O)C[C@H]1NC(=O)c2ccccc21)c1nc2ccccc2n1C. The van der Waals surface area contributed by atoms with Gasteiger partial charge in [0.15, 0.2) is 0 Å². The molecule has 0 spiro atoms. The molecule has 3 aromatic rings. The first kappa shape index (κ1) is 18.2. The largest absolute Gasteiger partial charge is 0.346 e. The molecule has 2 amide bonds. The van der Waals surface area contributed by atoms with Crippen LogP contribution in [0.15, 0.2) is 48.5 Å². The Kier molecular flexibility index (Phi) is 4.63. The van der Waals surface area contributed by atoms with Crippen molar-refractivity contribution in [2.45, 2.75) is 32.4 Å². The van der Waals surface area contributed by atoms with Crippen molar-refractivity contribution in [1.82, 2.24) is 20.2 Å². The number of para-hydroxylation sites is 2. The first-order valence-electron chi connectivity index (χ1n) is 9.56. The molecule has 28 heavy (non-hydrogen) atoms. The number of rotatable bonds is 5. The van der Waals surface area contributed by atoms with Crippen molar-refractivity contribution in [2.75, 3.05) is 0 Å². The average molecular weight is 376 g/mol. The topological polar surface area (TPSA) is 76.0 Å². The molecule has 2 heterocycles. The maximum Gasteiger partial charge on any atom is 0.252 e. The third-order valence-electron chi connectivity index (χ3n) is 5.36. The van der Waals surface area contributed by atoms with Gasteiger partial charge < -0.3 is 15.2 Å². The Hall–Kier alpha value is -3.15. The van der Waals surface area contributed by atoms with E-state index >= 15 is 0 Å². The van der Waals surface area contributed by atoms with Crippen molar-refractivity contribution < 1.29 is 9.59 Å². The molecule has 1 aliphatic rings. The van der Waals surface area contributed by atoms with Crippen LogP contribution >= 0.6 is 0 Å². The summed E-state index contributed by atoms with van der Waals surface area (Å²) < 4.78 is 2.03. The zero-order valence-corrected chi connectivity index (χ0v) is 16.3. The molecule has 144 valence electrons. The molecule has 0 unspecified atom stereocenters. The molecule has 1 aromatic heterocycles. The van der Waals surface area contributed by atoms with E-state index in [0.717, 1.165) is 22.4 Å². The Bertz CT molecular complexity index is 1050. The molecule has 0 saturated heterocycles. The lowest BCUT2D eigenvalue weighted by Gasteiger charge is -2.23. The fourth-order valence-electron chi connectivity index (χ4n) is 3.87. The second kappa shape index (κ2) is 7.11. The lowest BCUT2D eigenvalue weighted by molar-refractivity contribution is -0.122. The number of imidazole rings is 1. The van der Waals surface area contributed by atoms with E-state index in [0.29, 0.717) is 5.56 Å². The molecule has 2 atom stereocenters. The Labute approximate surface area is 164 Å². The van der Waals surface area contributed by atoms with Crippen molar-refractivity contribution >= 4 is 22.8 Å². The molecule has 6 heteroatoms. The van der Waals surface area contributed by atoms with Gasteiger partial charge in [0, 0.05) is 12.6 Å². The molecule has 1 aliphatic heterocycles. The number of nitrogens with zero attached hydrogens (tertiary/aromatic N) is 2. The van der Waals surface area contributed by atoms with E-state index in [1.807, 2.05) is 54.1 Å². The highest BCUT2D eigenvalue weighted by atomic mass is 16.2. The molecular formula is C22H24N4O2. The molecule has 0 fully saturated rings. The van der Waals surface area contributed by atoms with E-state index in [4.69, 9.17) is 4.98 Å². The van der Waals surface area contributed by atoms with Gasteiger partial charge in [-0.1, -0.05) is 44.2 Å². The summed E-state index contributed by atoms with van der Waals surface area (Å²) in [4.78, 5) is 29.7. The highest BCUT2D eigenvalue weighted by molar-refractivity contribution is 5.99. The van der Waals surface area contributed by atoms with Crippen molar-refractivity contribution in [1.29, 1.82) is 0 Å². The van der Waals surface area contributed by atoms with Crippen molar-refractivity contribution in [3.05, 3.63) is 65.5 Å². The van der Waals surface area contributed by atoms with Crippen molar-refractivity contribution in [3.8, 4) is 0 Å². The van der Waals surface area contributed by atoms with E-state index in [-0.39, 0.29) is 36.2 Å². The van der Waals surface area contributed by atoms with Gasteiger partial charge in [-0.15, -0.1) is 0 Å². The number of hydrogen-bond donors (Lipinski definition) is 2. The maximum absolute atomic E-state index is 12.8. The van der Waals surface area contributed by atoms with Crippen molar-refractivity contribution in [3.63, 3.8) is 0 Å². The second-order valence-electron chi connectivity index (χ2n) is 7.62. The van der Waals surface area contributed by atoms with Gasteiger partial charge in [0.05, 0.1) is 29.5 Å². The van der Waals surface area contributed by atoms with Gasteiger partial charge in [0.2, 0.25) is 5.91 Å². The van der Waals surface area contributed by atoms with Crippen LogP contribution in [0.5, 0.6) is 0 Å². The third-order valence-corrected chi connectivity index (χ3v) is 5.36. The van der Waals surface area contributed by atoms with Crippen LogP contribution in [0.1, 0.15) is 54.1 Å². The van der Waals surface area contributed by atoms with Gasteiger partial charge in [0.1, 0.15) is 5.82 Å². The first-order valence-corrected chi connectivity index (χ1v) is 9.56. The molecule has 0 saturated carbocycles. The van der Waals surface area contributed by atoms with Crippen LogP contribution in [0.25, 0.3) is 11.0 Å². The quantitative estimate of drug-likeness (QED) is 0.718. The Morgan fingerprint density at radius 3 is 2.64 bits per heavy atom. The highest BCUT2D eigenvalue weighted by Gasteiger charge is 2.31. The second-order valence-corrected chi connectivity index (χ2v) is 7.62. The number of carbonyl (C=O) groups is 2. The molecule has 0 bridgehead atoms. The van der Waals surface area contributed by atoms with Gasteiger partial charge in [-0.05, 0) is 29.7 Å². The van der Waals surface area contributed by atoms with Crippen LogP contribution in [0.2, 0.25) is 0 Å². The monoisotopic (exact) mass is 376 g/mol. The van der Waals surface area contributed by atoms with Crippen LogP contribution in [0.3, 0.4) is 0 Å². The number of aromatic nitrogens is 2. The van der Waals surface area contributed by atoms with E-state index in [2.05, 4.69) is 24.5 Å². The van der Waals surface area contributed by atoms with Gasteiger partial charge >= 0.3 is 0 Å². The van der Waals surface area contributed by atoms with Gasteiger partial charge in [-0.25, -0.2) is 4.98 Å². The molecule has 0 aliphatic carbocycles. The van der Waals surface area contributed by atoms with Crippen LogP contribution in [-0.2, 0) is 11.8 Å². The zero-order chi connectivity index (χ0) is 19.8. The normalized spacial score (nSPS) is 16.9. The average Bonchev–Trinajstić information content (AvgIpc) is 3.18. The molecule has 6 nitrogen and oxygen atoms in total. The summed E-state index contributed by atoms with van der Waals surface area (Å²) in [6.45, 7) is 4.13.